The van der Waals surface area contributed by atoms with E-state index in [1.807, 2.05) is 30.3 Å². The minimum Gasteiger partial charge on any atom is -0.352 e. The lowest BCUT2D eigenvalue weighted by Gasteiger charge is -2.34. The Morgan fingerprint density at radius 2 is 1.66 bits per heavy atom. The van der Waals surface area contributed by atoms with Crippen LogP contribution in [0.15, 0.2) is 66.7 Å². The zero-order chi connectivity index (χ0) is 32.0. The van der Waals surface area contributed by atoms with Gasteiger partial charge >= 0.3 is 0 Å². The summed E-state index contributed by atoms with van der Waals surface area (Å²) in [7, 11) is -4.11. The lowest BCUT2D eigenvalue weighted by Crippen LogP contribution is -2.54. The number of sulfonamides is 1. The maximum absolute atomic E-state index is 14.3. The van der Waals surface area contributed by atoms with Gasteiger partial charge in [0.25, 0.3) is 5.69 Å². The number of aryl methyl sites for hydroxylation is 1. The first-order chi connectivity index (χ1) is 20.8. The van der Waals surface area contributed by atoms with Crippen LogP contribution in [0.25, 0.3) is 0 Å². The molecular weight excluding hydrogens is 627 g/mol. The van der Waals surface area contributed by atoms with Gasteiger partial charge in [-0.3, -0.25) is 24.0 Å². The quantitative estimate of drug-likeness (QED) is 0.197. The van der Waals surface area contributed by atoms with Crippen molar-refractivity contribution in [2.75, 3.05) is 17.1 Å². The van der Waals surface area contributed by atoms with Crippen LogP contribution in [-0.4, -0.2) is 54.9 Å². The lowest BCUT2D eigenvalue weighted by atomic mass is 10.0. The van der Waals surface area contributed by atoms with Crippen molar-refractivity contribution in [2.45, 2.75) is 57.7 Å². The van der Waals surface area contributed by atoms with Crippen LogP contribution >= 0.6 is 23.2 Å². The molecule has 1 aliphatic rings. The molecule has 4 rings (SSSR count). The SMILES string of the molecule is Cc1ccc([N+](=O)[O-])cc1N(CC(=O)N(Cc1c(Cl)cccc1Cl)C(Cc1ccccc1)C(=O)NC1CCCC1)S(C)(=O)=O. The maximum Gasteiger partial charge on any atom is 0.271 e. The fourth-order valence-corrected chi connectivity index (χ4v) is 6.77. The molecule has 1 aliphatic carbocycles. The molecule has 0 aliphatic heterocycles. The molecule has 1 N–H and O–H groups in total. The van der Waals surface area contributed by atoms with Crippen LogP contribution in [0.4, 0.5) is 11.4 Å². The van der Waals surface area contributed by atoms with Crippen LogP contribution in [0.3, 0.4) is 0 Å². The van der Waals surface area contributed by atoms with Gasteiger partial charge in [-0.05, 0) is 43.0 Å². The summed E-state index contributed by atoms with van der Waals surface area (Å²) in [6.07, 6.45) is 4.67. The van der Waals surface area contributed by atoms with E-state index in [-0.39, 0.29) is 46.3 Å². The van der Waals surface area contributed by atoms with Gasteiger partial charge in [-0.15, -0.1) is 0 Å². The third-order valence-electron chi connectivity index (χ3n) is 7.71. The normalized spacial score (nSPS) is 14.2. The number of halogens is 2. The molecule has 0 heterocycles. The second-order valence-corrected chi connectivity index (χ2v) is 13.6. The number of carbonyl (C=O) groups is 2. The molecule has 0 aromatic heterocycles. The summed E-state index contributed by atoms with van der Waals surface area (Å²) < 4.78 is 27.0. The van der Waals surface area contributed by atoms with Crippen molar-refractivity contribution in [3.8, 4) is 0 Å². The average Bonchev–Trinajstić information content (AvgIpc) is 3.48. The van der Waals surface area contributed by atoms with Crippen molar-refractivity contribution in [1.29, 1.82) is 0 Å². The van der Waals surface area contributed by atoms with Crippen molar-refractivity contribution in [1.82, 2.24) is 10.2 Å². The molecule has 1 unspecified atom stereocenters. The summed E-state index contributed by atoms with van der Waals surface area (Å²) >= 11 is 13.0. The van der Waals surface area contributed by atoms with Gasteiger partial charge in [0.1, 0.15) is 12.6 Å². The van der Waals surface area contributed by atoms with Crippen molar-refractivity contribution in [2.24, 2.45) is 0 Å². The van der Waals surface area contributed by atoms with Crippen molar-refractivity contribution in [3.63, 3.8) is 0 Å². The zero-order valence-corrected chi connectivity index (χ0v) is 26.7. The van der Waals surface area contributed by atoms with Crippen LogP contribution < -0.4 is 9.62 Å². The van der Waals surface area contributed by atoms with Crippen LogP contribution in [0.2, 0.25) is 10.0 Å². The van der Waals surface area contributed by atoms with Crippen molar-refractivity contribution in [3.05, 3.63) is 104 Å². The van der Waals surface area contributed by atoms with Crippen molar-refractivity contribution >= 4 is 56.4 Å². The topological polar surface area (TPSA) is 130 Å². The second kappa shape index (κ2) is 14.4. The smallest absolute Gasteiger partial charge is 0.271 e. The van der Waals surface area contributed by atoms with Gasteiger partial charge in [0.05, 0.1) is 16.9 Å². The number of anilines is 1. The Morgan fingerprint density at radius 3 is 2.25 bits per heavy atom. The highest BCUT2D eigenvalue weighted by Gasteiger charge is 2.35. The van der Waals surface area contributed by atoms with E-state index in [1.54, 1.807) is 25.1 Å². The summed E-state index contributed by atoms with van der Waals surface area (Å²) in [5.41, 5.74) is 1.25. The number of benzene rings is 3. The molecule has 44 heavy (non-hydrogen) atoms. The van der Waals surface area contributed by atoms with E-state index in [9.17, 15) is 28.1 Å². The molecule has 1 saturated carbocycles. The number of amides is 2. The third-order valence-corrected chi connectivity index (χ3v) is 9.55. The van der Waals surface area contributed by atoms with E-state index in [1.165, 1.54) is 17.0 Å². The van der Waals surface area contributed by atoms with E-state index >= 15 is 0 Å². The fraction of sp³-hybridized carbons (Fsp3) is 0.355. The van der Waals surface area contributed by atoms with Crippen molar-refractivity contribution < 1.29 is 22.9 Å². The van der Waals surface area contributed by atoms with E-state index in [0.29, 0.717) is 11.1 Å². The molecule has 13 heteroatoms. The Balaban J connectivity index is 1.80. The van der Waals surface area contributed by atoms with E-state index in [4.69, 9.17) is 23.2 Å². The summed E-state index contributed by atoms with van der Waals surface area (Å²) in [5.74, 6) is -1.09. The molecule has 0 radical (unpaired) electrons. The van der Waals surface area contributed by atoms with Gasteiger partial charge in [-0.25, -0.2) is 8.42 Å². The molecule has 0 bridgehead atoms. The number of nitrogens with zero attached hydrogens (tertiary/aromatic N) is 3. The fourth-order valence-electron chi connectivity index (χ4n) is 5.35. The van der Waals surface area contributed by atoms with Gasteiger partial charge in [-0.1, -0.05) is 78.5 Å². The van der Waals surface area contributed by atoms with Crippen LogP contribution in [-0.2, 0) is 32.6 Å². The molecule has 0 spiro atoms. The molecule has 1 fully saturated rings. The third kappa shape index (κ3) is 8.28. The highest BCUT2D eigenvalue weighted by atomic mass is 35.5. The highest BCUT2D eigenvalue weighted by molar-refractivity contribution is 7.92. The summed E-state index contributed by atoms with van der Waals surface area (Å²) in [5, 5.41) is 15.1. The lowest BCUT2D eigenvalue weighted by molar-refractivity contribution is -0.384. The van der Waals surface area contributed by atoms with Crippen LogP contribution in [0.5, 0.6) is 0 Å². The Kier molecular flexibility index (Phi) is 10.9. The number of hydrogen-bond acceptors (Lipinski definition) is 6. The van der Waals surface area contributed by atoms with Crippen LogP contribution in [0, 0.1) is 17.0 Å². The molecule has 0 saturated heterocycles. The summed E-state index contributed by atoms with van der Waals surface area (Å²) in [6.45, 7) is 0.694. The predicted molar refractivity (Wildman–Crippen MR) is 171 cm³/mol. The number of carbonyl (C=O) groups excluding carboxylic acids is 2. The van der Waals surface area contributed by atoms with Gasteiger partial charge in [0, 0.05) is 46.7 Å². The number of non-ortho nitro benzene ring substituents is 1. The van der Waals surface area contributed by atoms with E-state index in [2.05, 4.69) is 5.32 Å². The standard InChI is InChI=1S/C31H34Cl2N4O6S/c1-21-15-16-24(37(40)41)18-28(21)36(44(2,42)43)20-30(38)35(19-25-26(32)13-8-14-27(25)33)29(17-22-9-4-3-5-10-22)31(39)34-23-11-6-7-12-23/h3-5,8-10,13-16,18,23,29H,6-7,11-12,17,19-20H2,1-2H3,(H,34,39). The van der Waals surface area contributed by atoms with Crippen LogP contribution in [0.1, 0.15) is 42.4 Å². The Bertz CT molecular complexity index is 1610. The molecule has 10 nitrogen and oxygen atoms in total. The maximum atomic E-state index is 14.3. The molecular formula is C31H34Cl2N4O6S. The largest absolute Gasteiger partial charge is 0.352 e. The van der Waals surface area contributed by atoms with Gasteiger partial charge in [-0.2, -0.15) is 0 Å². The average molecular weight is 662 g/mol. The molecule has 2 amide bonds. The zero-order valence-electron chi connectivity index (χ0n) is 24.4. The van der Waals surface area contributed by atoms with E-state index < -0.39 is 33.4 Å². The van der Waals surface area contributed by atoms with E-state index in [0.717, 1.165) is 47.9 Å². The Hall–Kier alpha value is -3.67. The number of nitro groups is 1. The van der Waals surface area contributed by atoms with Gasteiger partial charge in [0.15, 0.2) is 0 Å². The number of nitro benzene ring substituents is 1. The van der Waals surface area contributed by atoms with Gasteiger partial charge in [0.2, 0.25) is 21.8 Å². The number of nitrogens with one attached hydrogen (secondary N) is 1. The monoisotopic (exact) mass is 660 g/mol. The minimum absolute atomic E-state index is 0.0132. The summed E-state index contributed by atoms with van der Waals surface area (Å²) in [4.78, 5) is 40.5. The first kappa shape index (κ1) is 33.2. The molecule has 234 valence electrons. The predicted octanol–water partition coefficient (Wildman–Crippen LogP) is 5.67. The Morgan fingerprint density at radius 1 is 1.02 bits per heavy atom. The second-order valence-electron chi connectivity index (χ2n) is 10.9. The molecule has 1 atom stereocenters. The highest BCUT2D eigenvalue weighted by Crippen LogP contribution is 2.30. The minimum atomic E-state index is -4.11. The molecule has 3 aromatic rings. The first-order valence-electron chi connectivity index (χ1n) is 14.1. The number of rotatable bonds is 12. The molecule has 3 aromatic carbocycles. The first-order valence-corrected chi connectivity index (χ1v) is 16.7. The Labute approximate surface area is 267 Å². The van der Waals surface area contributed by atoms with Gasteiger partial charge < -0.3 is 10.2 Å². The summed E-state index contributed by atoms with van der Waals surface area (Å²) in [6, 6.07) is 16.8. The number of hydrogen-bond donors (Lipinski definition) is 1.